The third-order valence-corrected chi connectivity index (χ3v) is 7.16. The Morgan fingerprint density at radius 3 is 1.64 bits per heavy atom. The third-order valence-electron chi connectivity index (χ3n) is 6.18. The van der Waals surface area contributed by atoms with Gasteiger partial charge in [0.1, 0.15) is 19.3 Å². The quantitative estimate of drug-likeness (QED) is 0.0570. The van der Waals surface area contributed by atoms with Crippen LogP contribution in [0.4, 0.5) is 0 Å². The van der Waals surface area contributed by atoms with Crippen LogP contribution in [0.1, 0.15) is 116 Å². The molecule has 9 heteroatoms. The number of quaternary nitrogens is 1. The Morgan fingerprint density at radius 1 is 0.778 bits per heavy atom. The van der Waals surface area contributed by atoms with Crippen molar-refractivity contribution in [2.24, 2.45) is 0 Å². The van der Waals surface area contributed by atoms with Gasteiger partial charge < -0.3 is 19.2 Å². The van der Waals surface area contributed by atoms with Crippen LogP contribution in [0.15, 0.2) is 0 Å². The molecule has 0 bridgehead atoms. The van der Waals surface area contributed by atoms with E-state index in [2.05, 4.69) is 6.92 Å². The van der Waals surface area contributed by atoms with Crippen molar-refractivity contribution in [3.63, 3.8) is 0 Å². The normalized spacial score (nSPS) is 14.5. The number of nitrogens with zero attached hydrogens (tertiary/aromatic N) is 1. The molecule has 0 aromatic heterocycles. The molecule has 2 atom stereocenters. The molecule has 0 aliphatic rings. The van der Waals surface area contributed by atoms with Gasteiger partial charge in [-0.2, -0.15) is 0 Å². The van der Waals surface area contributed by atoms with Gasteiger partial charge in [0.15, 0.2) is 0 Å². The fraction of sp³-hybridized carbons (Fsp3) is 0.963. The van der Waals surface area contributed by atoms with Gasteiger partial charge in [-0.3, -0.25) is 13.8 Å². The second-order valence-electron chi connectivity index (χ2n) is 11.0. The van der Waals surface area contributed by atoms with Crippen molar-refractivity contribution in [2.75, 3.05) is 47.5 Å². The van der Waals surface area contributed by atoms with Gasteiger partial charge in [0.25, 0.3) is 0 Å². The highest BCUT2D eigenvalue weighted by atomic mass is 31.2. The minimum Gasteiger partial charge on any atom is -0.457 e. The lowest BCUT2D eigenvalue weighted by atomic mass is 10.0. The average molecular weight is 539 g/mol. The monoisotopic (exact) mass is 538 g/mol. The van der Waals surface area contributed by atoms with E-state index in [1.807, 2.05) is 21.1 Å². The van der Waals surface area contributed by atoms with Gasteiger partial charge in [0, 0.05) is 6.42 Å². The van der Waals surface area contributed by atoms with E-state index in [4.69, 9.17) is 13.8 Å². The number of esters is 1. The number of carbonyl (C=O) groups excluding carboxylic acids is 1. The van der Waals surface area contributed by atoms with Crippen molar-refractivity contribution in [1.82, 2.24) is 0 Å². The van der Waals surface area contributed by atoms with Crippen LogP contribution in [0.5, 0.6) is 0 Å². The van der Waals surface area contributed by atoms with E-state index in [0.717, 1.165) is 19.3 Å². The van der Waals surface area contributed by atoms with Crippen LogP contribution >= 0.6 is 7.82 Å². The lowest BCUT2D eigenvalue weighted by Crippen LogP contribution is -2.37. The molecule has 0 saturated carbocycles. The first-order valence-corrected chi connectivity index (χ1v) is 15.8. The first-order valence-electron chi connectivity index (χ1n) is 14.3. The van der Waals surface area contributed by atoms with Crippen LogP contribution in [0, 0.1) is 0 Å². The van der Waals surface area contributed by atoms with Gasteiger partial charge in [0.2, 0.25) is 0 Å². The summed E-state index contributed by atoms with van der Waals surface area (Å²) in [6.45, 7) is 1.98. The summed E-state index contributed by atoms with van der Waals surface area (Å²) in [5.74, 6) is -0.429. The van der Waals surface area contributed by atoms with Crippen molar-refractivity contribution >= 4 is 13.8 Å². The highest BCUT2D eigenvalue weighted by molar-refractivity contribution is 7.47. The summed E-state index contributed by atoms with van der Waals surface area (Å²) < 4.78 is 27.5. The Bertz CT molecular complexity index is 569. The Hall–Kier alpha value is -0.500. The molecule has 216 valence electrons. The largest absolute Gasteiger partial charge is 0.472 e. The SMILES string of the molecule is CCCCCCCCCCCCCCCCCCC(=O)O[C@@H](CO)COP(=O)(O)OCC[N+](C)(C)C. The van der Waals surface area contributed by atoms with Crippen LogP contribution in [0.3, 0.4) is 0 Å². The number of unbranched alkanes of at least 4 members (excludes halogenated alkanes) is 15. The van der Waals surface area contributed by atoms with Gasteiger partial charge in [-0.1, -0.05) is 103 Å². The molecule has 0 aromatic carbocycles. The second kappa shape index (κ2) is 22.5. The predicted octanol–water partition coefficient (Wildman–Crippen LogP) is 6.38. The van der Waals surface area contributed by atoms with Crippen LogP contribution in [-0.4, -0.2) is 74.1 Å². The van der Waals surface area contributed by atoms with Crippen molar-refractivity contribution in [3.8, 4) is 0 Å². The number of phosphoric acid groups is 1. The number of phosphoric ester groups is 1. The molecule has 0 rings (SSSR count). The lowest BCUT2D eigenvalue weighted by Gasteiger charge is -2.24. The zero-order valence-corrected chi connectivity index (χ0v) is 24.7. The first kappa shape index (κ1) is 35.5. The van der Waals surface area contributed by atoms with E-state index in [1.54, 1.807) is 0 Å². The number of likely N-dealkylation sites (N-methyl/N-ethyl adjacent to an activating group) is 1. The Kier molecular flexibility index (Phi) is 22.2. The molecule has 0 aromatic rings. The minimum absolute atomic E-state index is 0.0557. The Balaban J connectivity index is 3.65. The predicted molar refractivity (Wildman–Crippen MR) is 146 cm³/mol. The van der Waals surface area contributed by atoms with Crippen molar-refractivity contribution < 1.29 is 37.6 Å². The summed E-state index contributed by atoms with van der Waals surface area (Å²) in [7, 11) is 1.56. The molecule has 1 unspecified atom stereocenters. The molecule has 2 N–H and O–H groups in total. The average Bonchev–Trinajstić information content (AvgIpc) is 2.80. The molecule has 0 heterocycles. The van der Waals surface area contributed by atoms with Crippen LogP contribution < -0.4 is 0 Å². The molecule has 0 spiro atoms. The summed E-state index contributed by atoms with van der Waals surface area (Å²) >= 11 is 0. The van der Waals surface area contributed by atoms with E-state index in [1.165, 1.54) is 83.5 Å². The minimum atomic E-state index is -4.26. The molecule has 0 amide bonds. The van der Waals surface area contributed by atoms with Crippen LogP contribution in [0.2, 0.25) is 0 Å². The zero-order valence-electron chi connectivity index (χ0n) is 23.8. The van der Waals surface area contributed by atoms with Gasteiger partial charge in [-0.15, -0.1) is 0 Å². The number of hydrogen-bond acceptors (Lipinski definition) is 6. The number of hydrogen-bond donors (Lipinski definition) is 2. The number of rotatable bonds is 26. The maximum absolute atomic E-state index is 12.0. The summed E-state index contributed by atoms with van der Waals surface area (Å²) in [4.78, 5) is 21.7. The molecule has 36 heavy (non-hydrogen) atoms. The maximum atomic E-state index is 12.0. The molecule has 0 aliphatic carbocycles. The van der Waals surface area contributed by atoms with E-state index in [9.17, 15) is 19.4 Å². The molecular formula is C27H57NO7P+. The Labute approximate surface area is 221 Å². The van der Waals surface area contributed by atoms with Crippen LogP contribution in [0.25, 0.3) is 0 Å². The van der Waals surface area contributed by atoms with Crippen molar-refractivity contribution in [1.29, 1.82) is 0 Å². The van der Waals surface area contributed by atoms with Gasteiger partial charge >= 0.3 is 13.8 Å². The van der Waals surface area contributed by atoms with Crippen LogP contribution in [-0.2, 0) is 23.1 Å². The smallest absolute Gasteiger partial charge is 0.457 e. The number of carbonyl (C=O) groups is 1. The molecule has 0 aliphatic heterocycles. The molecule has 0 radical (unpaired) electrons. The number of aliphatic hydroxyl groups is 1. The second-order valence-corrected chi connectivity index (χ2v) is 12.4. The standard InChI is InChI=1S/C27H56NO7P/c1-5-6-7-8-9-10-11-12-13-14-15-16-17-18-19-20-21-27(30)35-26(24-29)25-34-36(31,32)33-23-22-28(2,3)4/h26,29H,5-25H2,1-4H3/p+1/t26-/m0/s1. The zero-order chi connectivity index (χ0) is 27.1. The van der Waals surface area contributed by atoms with Crippen molar-refractivity contribution in [3.05, 3.63) is 0 Å². The summed E-state index contributed by atoms with van der Waals surface area (Å²) in [5.41, 5.74) is 0. The summed E-state index contributed by atoms with van der Waals surface area (Å²) in [6, 6.07) is 0. The molecule has 8 nitrogen and oxygen atoms in total. The Morgan fingerprint density at radius 2 is 1.22 bits per heavy atom. The molecule has 0 saturated heterocycles. The third kappa shape index (κ3) is 25.2. The van der Waals surface area contributed by atoms with Gasteiger partial charge in [0.05, 0.1) is 34.4 Å². The summed E-state index contributed by atoms with van der Waals surface area (Å²) in [6.07, 6.45) is 19.6. The molecular weight excluding hydrogens is 481 g/mol. The highest BCUT2D eigenvalue weighted by Crippen LogP contribution is 2.43. The van der Waals surface area contributed by atoms with E-state index in [0.29, 0.717) is 11.0 Å². The van der Waals surface area contributed by atoms with Gasteiger partial charge in [-0.05, 0) is 6.42 Å². The van der Waals surface area contributed by atoms with E-state index >= 15 is 0 Å². The highest BCUT2D eigenvalue weighted by Gasteiger charge is 2.25. The summed E-state index contributed by atoms with van der Waals surface area (Å²) in [5, 5.41) is 9.40. The van der Waals surface area contributed by atoms with Gasteiger partial charge in [-0.25, -0.2) is 4.57 Å². The molecule has 0 fully saturated rings. The van der Waals surface area contributed by atoms with E-state index < -0.39 is 26.5 Å². The number of aliphatic hydroxyl groups excluding tert-OH is 1. The van der Waals surface area contributed by atoms with Crippen molar-refractivity contribution in [2.45, 2.75) is 122 Å². The number of ether oxygens (including phenoxy) is 1. The fourth-order valence-corrected chi connectivity index (χ4v) is 4.57. The first-order chi connectivity index (χ1) is 17.1. The van der Waals surface area contributed by atoms with E-state index in [-0.39, 0.29) is 19.6 Å². The lowest BCUT2D eigenvalue weighted by molar-refractivity contribution is -0.870. The topological polar surface area (TPSA) is 102 Å². The fourth-order valence-electron chi connectivity index (χ4n) is 3.83. The maximum Gasteiger partial charge on any atom is 0.472 e.